The van der Waals surface area contributed by atoms with Gasteiger partial charge in [-0.25, -0.2) is 8.42 Å². The lowest BCUT2D eigenvalue weighted by Gasteiger charge is -2.30. The summed E-state index contributed by atoms with van der Waals surface area (Å²) >= 11 is 0. The topological polar surface area (TPSA) is 46.2 Å². The highest BCUT2D eigenvalue weighted by Gasteiger charge is 2.28. The van der Waals surface area contributed by atoms with Crippen molar-refractivity contribution < 1.29 is 8.42 Å². The van der Waals surface area contributed by atoms with Crippen LogP contribution in [0.2, 0.25) is 0 Å². The monoisotopic (exact) mass is 261 g/mol. The highest BCUT2D eigenvalue weighted by atomic mass is 32.2. The summed E-state index contributed by atoms with van der Waals surface area (Å²) in [5.41, 5.74) is 0. The van der Waals surface area contributed by atoms with Gasteiger partial charge in [0.05, 0.1) is 5.25 Å². The van der Waals surface area contributed by atoms with E-state index in [0.717, 1.165) is 38.1 Å². The molecule has 4 heteroatoms. The van der Waals surface area contributed by atoms with Crippen molar-refractivity contribution in [3.05, 3.63) is 0 Å². The molecular formula is C13H27NO2S. The largest absolute Gasteiger partial charge is 0.314 e. The van der Waals surface area contributed by atoms with Crippen LogP contribution in [0.4, 0.5) is 0 Å². The first-order chi connectivity index (χ1) is 7.97. The van der Waals surface area contributed by atoms with E-state index in [2.05, 4.69) is 19.2 Å². The van der Waals surface area contributed by atoms with Gasteiger partial charge in [-0.3, -0.25) is 0 Å². The molecule has 0 aromatic rings. The second-order valence-corrected chi connectivity index (χ2v) is 7.73. The summed E-state index contributed by atoms with van der Waals surface area (Å²) < 4.78 is 23.1. The van der Waals surface area contributed by atoms with E-state index in [-0.39, 0.29) is 5.25 Å². The van der Waals surface area contributed by atoms with Gasteiger partial charge >= 0.3 is 0 Å². The van der Waals surface area contributed by atoms with Crippen molar-refractivity contribution in [2.45, 2.75) is 63.7 Å². The average molecular weight is 261 g/mol. The number of nitrogens with one attached hydrogen (secondary N) is 1. The normalized spacial score (nSPS) is 26.4. The van der Waals surface area contributed by atoms with Crippen LogP contribution in [-0.2, 0) is 9.84 Å². The molecule has 0 amide bonds. The summed E-state index contributed by atoms with van der Waals surface area (Å²) in [6.45, 7) is 5.47. The third kappa shape index (κ3) is 4.96. The van der Waals surface area contributed by atoms with Crippen molar-refractivity contribution >= 4 is 9.84 Å². The molecule has 17 heavy (non-hydrogen) atoms. The molecule has 0 spiro atoms. The third-order valence-corrected chi connectivity index (χ3v) is 5.72. The van der Waals surface area contributed by atoms with E-state index in [1.807, 2.05) is 0 Å². The zero-order valence-electron chi connectivity index (χ0n) is 11.4. The van der Waals surface area contributed by atoms with Crippen molar-refractivity contribution in [3.8, 4) is 0 Å². The summed E-state index contributed by atoms with van der Waals surface area (Å²) in [6, 6.07) is 0.407. The van der Waals surface area contributed by atoms with Gasteiger partial charge in [0, 0.05) is 12.3 Å². The first kappa shape index (κ1) is 15.0. The van der Waals surface area contributed by atoms with Crippen LogP contribution in [0.3, 0.4) is 0 Å². The molecule has 1 rings (SSSR count). The summed E-state index contributed by atoms with van der Waals surface area (Å²) in [7, 11) is -2.85. The van der Waals surface area contributed by atoms with E-state index >= 15 is 0 Å². The van der Waals surface area contributed by atoms with Gasteiger partial charge in [0.15, 0.2) is 0 Å². The predicted octanol–water partition coefficient (Wildman–Crippen LogP) is 2.37. The van der Waals surface area contributed by atoms with Crippen LogP contribution in [0.25, 0.3) is 0 Å². The molecule has 0 heterocycles. The lowest BCUT2D eigenvalue weighted by Crippen LogP contribution is -2.40. The lowest BCUT2D eigenvalue weighted by atomic mass is 9.94. The molecule has 102 valence electrons. The van der Waals surface area contributed by atoms with Gasteiger partial charge in [-0.15, -0.1) is 0 Å². The minimum atomic E-state index is -2.85. The standard InChI is InChI=1S/C13H27NO2S/c1-4-11(5-2)10-14-12-7-6-8-13(9-12)17(3,15)16/h11-14H,4-10H2,1-3H3/t12-,13-/m0/s1. The molecule has 1 aliphatic rings. The Balaban J connectivity index is 2.40. The van der Waals surface area contributed by atoms with Gasteiger partial charge < -0.3 is 5.32 Å². The van der Waals surface area contributed by atoms with E-state index < -0.39 is 9.84 Å². The van der Waals surface area contributed by atoms with Crippen molar-refractivity contribution in [2.75, 3.05) is 12.8 Å². The van der Waals surface area contributed by atoms with Gasteiger partial charge in [-0.2, -0.15) is 0 Å². The van der Waals surface area contributed by atoms with Gasteiger partial charge in [-0.05, 0) is 31.7 Å². The fraction of sp³-hybridized carbons (Fsp3) is 1.00. The second-order valence-electron chi connectivity index (χ2n) is 5.41. The molecular weight excluding hydrogens is 234 g/mol. The molecule has 0 bridgehead atoms. The van der Waals surface area contributed by atoms with Gasteiger partial charge in [0.25, 0.3) is 0 Å². The number of hydrogen-bond donors (Lipinski definition) is 1. The molecule has 0 aliphatic heterocycles. The van der Waals surface area contributed by atoms with Gasteiger partial charge in [-0.1, -0.05) is 33.1 Å². The van der Waals surface area contributed by atoms with Crippen LogP contribution < -0.4 is 5.32 Å². The Labute approximate surface area is 106 Å². The molecule has 2 atom stereocenters. The van der Waals surface area contributed by atoms with Crippen LogP contribution in [0.1, 0.15) is 52.4 Å². The van der Waals surface area contributed by atoms with Crippen molar-refractivity contribution in [1.29, 1.82) is 0 Å². The van der Waals surface area contributed by atoms with Crippen molar-refractivity contribution in [3.63, 3.8) is 0 Å². The van der Waals surface area contributed by atoms with Gasteiger partial charge in [0.1, 0.15) is 9.84 Å². The Kier molecular flexibility index (Phi) is 5.93. The van der Waals surface area contributed by atoms with Crippen LogP contribution in [-0.4, -0.2) is 32.5 Å². The molecule has 0 unspecified atom stereocenters. The quantitative estimate of drug-likeness (QED) is 0.798. The summed E-state index contributed by atoms with van der Waals surface area (Å²) in [4.78, 5) is 0. The van der Waals surface area contributed by atoms with E-state index in [1.54, 1.807) is 0 Å². The molecule has 3 nitrogen and oxygen atoms in total. The van der Waals surface area contributed by atoms with E-state index in [1.165, 1.54) is 19.1 Å². The Hall–Kier alpha value is -0.0900. The van der Waals surface area contributed by atoms with Crippen LogP contribution in [0, 0.1) is 5.92 Å². The first-order valence-electron chi connectivity index (χ1n) is 6.89. The minimum Gasteiger partial charge on any atom is -0.314 e. The Morgan fingerprint density at radius 3 is 2.41 bits per heavy atom. The Bertz CT molecular complexity index is 309. The molecule has 0 saturated heterocycles. The summed E-state index contributed by atoms with van der Waals surface area (Å²) in [5.74, 6) is 0.730. The predicted molar refractivity (Wildman–Crippen MR) is 73.0 cm³/mol. The Morgan fingerprint density at radius 1 is 1.24 bits per heavy atom. The average Bonchev–Trinajstić information content (AvgIpc) is 2.30. The Morgan fingerprint density at radius 2 is 1.88 bits per heavy atom. The molecule has 1 saturated carbocycles. The number of rotatable bonds is 6. The smallest absolute Gasteiger partial charge is 0.150 e. The second kappa shape index (κ2) is 6.74. The molecule has 0 aromatic heterocycles. The van der Waals surface area contributed by atoms with Crippen LogP contribution >= 0.6 is 0 Å². The fourth-order valence-corrected chi connectivity index (χ4v) is 3.81. The highest BCUT2D eigenvalue weighted by Crippen LogP contribution is 2.24. The number of sulfone groups is 1. The number of hydrogen-bond acceptors (Lipinski definition) is 3. The fourth-order valence-electron chi connectivity index (χ4n) is 2.63. The van der Waals surface area contributed by atoms with E-state index in [0.29, 0.717) is 6.04 Å². The van der Waals surface area contributed by atoms with E-state index in [4.69, 9.17) is 0 Å². The van der Waals surface area contributed by atoms with Gasteiger partial charge in [0.2, 0.25) is 0 Å². The maximum absolute atomic E-state index is 11.6. The SMILES string of the molecule is CCC(CC)CN[C@H]1CCC[C@H](S(C)(=O)=O)C1. The maximum atomic E-state index is 11.6. The zero-order chi connectivity index (χ0) is 12.9. The summed E-state index contributed by atoms with van der Waals surface area (Å²) in [6.07, 6.45) is 7.60. The first-order valence-corrected chi connectivity index (χ1v) is 8.85. The van der Waals surface area contributed by atoms with E-state index in [9.17, 15) is 8.42 Å². The summed E-state index contributed by atoms with van der Waals surface area (Å²) in [5, 5.41) is 3.45. The molecule has 0 radical (unpaired) electrons. The molecule has 1 aliphatic carbocycles. The van der Waals surface area contributed by atoms with Crippen molar-refractivity contribution in [1.82, 2.24) is 5.32 Å². The molecule has 1 fully saturated rings. The molecule has 1 N–H and O–H groups in total. The van der Waals surface area contributed by atoms with Crippen molar-refractivity contribution in [2.24, 2.45) is 5.92 Å². The third-order valence-electron chi connectivity index (χ3n) is 4.08. The molecule has 0 aromatic carbocycles. The van der Waals surface area contributed by atoms with Crippen LogP contribution in [0.15, 0.2) is 0 Å². The van der Waals surface area contributed by atoms with Crippen LogP contribution in [0.5, 0.6) is 0 Å². The zero-order valence-corrected chi connectivity index (χ0v) is 12.2. The maximum Gasteiger partial charge on any atom is 0.150 e. The minimum absolute atomic E-state index is 0.115. The lowest BCUT2D eigenvalue weighted by molar-refractivity contribution is 0.339. The highest BCUT2D eigenvalue weighted by molar-refractivity contribution is 7.91.